The van der Waals surface area contributed by atoms with E-state index < -0.39 is 6.10 Å². The van der Waals surface area contributed by atoms with E-state index in [1.807, 2.05) is 6.07 Å². The molecule has 1 aromatic rings. The summed E-state index contributed by atoms with van der Waals surface area (Å²) >= 11 is 0. The van der Waals surface area contributed by atoms with Gasteiger partial charge in [0.05, 0.1) is 17.7 Å². The fourth-order valence-electron chi connectivity index (χ4n) is 3.65. The summed E-state index contributed by atoms with van der Waals surface area (Å²) in [4.78, 5) is 15.0. The van der Waals surface area contributed by atoms with Crippen molar-refractivity contribution in [2.24, 2.45) is 5.92 Å². The monoisotopic (exact) mass is 388 g/mol. The maximum atomic E-state index is 12.8. The molecule has 0 bridgehead atoms. The van der Waals surface area contributed by atoms with Crippen LogP contribution >= 0.6 is 0 Å². The van der Waals surface area contributed by atoms with Crippen molar-refractivity contribution in [2.45, 2.75) is 25.4 Å². The van der Waals surface area contributed by atoms with Crippen molar-refractivity contribution in [3.8, 4) is 17.6 Å². The van der Waals surface area contributed by atoms with Crippen LogP contribution in [0.25, 0.3) is 0 Å². The van der Waals surface area contributed by atoms with E-state index in [0.717, 1.165) is 31.6 Å². The number of aliphatic hydroxyl groups excluding tert-OH is 1. The van der Waals surface area contributed by atoms with Crippen LogP contribution in [-0.4, -0.2) is 68.5 Å². The molecule has 152 valence electrons. The lowest BCUT2D eigenvalue weighted by Gasteiger charge is -2.36. The minimum absolute atomic E-state index is 0.0108. The Kier molecular flexibility index (Phi) is 6.95. The van der Waals surface area contributed by atoms with Crippen molar-refractivity contribution in [1.82, 2.24) is 10.2 Å². The first-order chi connectivity index (χ1) is 13.6. The van der Waals surface area contributed by atoms with Gasteiger partial charge in [0.2, 0.25) is 0 Å². The first-order valence-electron chi connectivity index (χ1n) is 9.79. The Hall–Kier alpha value is -2.50. The van der Waals surface area contributed by atoms with Crippen molar-refractivity contribution < 1.29 is 19.4 Å². The molecule has 1 aromatic carbocycles. The van der Waals surface area contributed by atoms with Crippen LogP contribution in [0.5, 0.6) is 11.5 Å². The number of ether oxygens (including phenoxy) is 2. The summed E-state index contributed by atoms with van der Waals surface area (Å²) in [6.07, 6.45) is 1.67. The summed E-state index contributed by atoms with van der Waals surface area (Å²) in [5.41, 5.74) is 1.21. The van der Waals surface area contributed by atoms with Gasteiger partial charge < -0.3 is 30.1 Å². The number of unbranched alkanes of at least 4 members (excludes halogenated alkanes) is 1. The van der Waals surface area contributed by atoms with E-state index in [1.54, 1.807) is 13.1 Å². The maximum absolute atomic E-state index is 12.8. The average molecular weight is 388 g/mol. The third-order valence-corrected chi connectivity index (χ3v) is 5.27. The molecule has 0 aromatic heterocycles. The van der Waals surface area contributed by atoms with Crippen LogP contribution in [-0.2, 0) is 0 Å². The van der Waals surface area contributed by atoms with E-state index in [2.05, 4.69) is 21.6 Å². The molecule has 28 heavy (non-hydrogen) atoms. The van der Waals surface area contributed by atoms with Gasteiger partial charge in [0.15, 0.2) is 11.5 Å². The second kappa shape index (κ2) is 9.62. The van der Waals surface area contributed by atoms with Crippen molar-refractivity contribution >= 4 is 11.6 Å². The molecule has 0 saturated carbocycles. The number of nitriles is 1. The number of carbonyl (C=O) groups excluding carboxylic acids is 1. The number of fused-ring (bicyclic) bond motifs is 1. The number of piperidine rings is 1. The number of benzene rings is 1. The predicted molar refractivity (Wildman–Crippen MR) is 105 cm³/mol. The lowest BCUT2D eigenvalue weighted by Crippen LogP contribution is -2.47. The molecule has 1 amide bonds. The summed E-state index contributed by atoms with van der Waals surface area (Å²) in [5.74, 6) is 0.809. The van der Waals surface area contributed by atoms with Gasteiger partial charge in [-0.25, -0.2) is 0 Å². The van der Waals surface area contributed by atoms with Crippen LogP contribution < -0.4 is 20.1 Å². The van der Waals surface area contributed by atoms with Gasteiger partial charge in [0.25, 0.3) is 5.91 Å². The molecule has 1 fully saturated rings. The average Bonchev–Trinajstić information content (AvgIpc) is 2.72. The Morgan fingerprint density at radius 2 is 2.21 bits per heavy atom. The number of hydrogen-bond donors (Lipinski definition) is 3. The molecule has 2 aliphatic rings. The zero-order chi connectivity index (χ0) is 19.9. The molecule has 2 atom stereocenters. The van der Waals surface area contributed by atoms with E-state index >= 15 is 0 Å². The lowest BCUT2D eigenvalue weighted by atomic mass is 9.93. The molecule has 8 heteroatoms. The number of rotatable bonds is 7. The Labute approximate surface area is 165 Å². The van der Waals surface area contributed by atoms with Gasteiger partial charge >= 0.3 is 0 Å². The van der Waals surface area contributed by atoms with E-state index in [1.165, 1.54) is 0 Å². The third-order valence-electron chi connectivity index (χ3n) is 5.27. The molecular formula is C20H28N4O4. The number of aliphatic hydroxyl groups is 1. The van der Waals surface area contributed by atoms with Crippen LogP contribution in [0.1, 0.15) is 29.6 Å². The number of likely N-dealkylation sites (tertiary alicyclic amines) is 1. The summed E-state index contributed by atoms with van der Waals surface area (Å²) in [6.45, 7) is 3.54. The van der Waals surface area contributed by atoms with Gasteiger partial charge in [0, 0.05) is 44.2 Å². The van der Waals surface area contributed by atoms with E-state index in [4.69, 9.17) is 14.7 Å². The second-order valence-electron chi connectivity index (χ2n) is 7.19. The third kappa shape index (κ3) is 4.86. The minimum Gasteiger partial charge on any atom is -0.486 e. The number of amides is 1. The number of nitrogens with zero attached hydrogens (tertiary/aromatic N) is 2. The Bertz CT molecular complexity index is 734. The topological polar surface area (TPSA) is 107 Å². The van der Waals surface area contributed by atoms with Crippen molar-refractivity contribution in [1.29, 1.82) is 5.26 Å². The zero-order valence-electron chi connectivity index (χ0n) is 16.2. The van der Waals surface area contributed by atoms with Crippen molar-refractivity contribution in [3.63, 3.8) is 0 Å². The normalized spacial score (nSPS) is 21.6. The summed E-state index contributed by atoms with van der Waals surface area (Å²) in [5, 5.41) is 25.0. The second-order valence-corrected chi connectivity index (χ2v) is 7.19. The van der Waals surface area contributed by atoms with Gasteiger partial charge in [-0.1, -0.05) is 0 Å². The molecule has 0 unspecified atom stereocenters. The largest absolute Gasteiger partial charge is 0.486 e. The van der Waals surface area contributed by atoms with Crippen molar-refractivity contribution in [2.75, 3.05) is 51.8 Å². The first-order valence-corrected chi connectivity index (χ1v) is 9.79. The highest BCUT2D eigenvalue weighted by Gasteiger charge is 2.29. The van der Waals surface area contributed by atoms with Crippen molar-refractivity contribution in [3.05, 3.63) is 17.7 Å². The Morgan fingerprint density at radius 1 is 1.39 bits per heavy atom. The maximum Gasteiger partial charge on any atom is 0.255 e. The van der Waals surface area contributed by atoms with Crippen LogP contribution in [0.4, 0.5) is 5.69 Å². The first kappa shape index (κ1) is 20.2. The predicted octanol–water partition coefficient (Wildman–Crippen LogP) is 1.22. The molecule has 0 aliphatic carbocycles. The highest BCUT2D eigenvalue weighted by atomic mass is 16.6. The molecule has 8 nitrogen and oxygen atoms in total. The van der Waals surface area contributed by atoms with Crippen LogP contribution in [0.15, 0.2) is 12.1 Å². The summed E-state index contributed by atoms with van der Waals surface area (Å²) < 4.78 is 11.3. The highest BCUT2D eigenvalue weighted by molar-refractivity contribution is 5.99. The number of β-amino-alcohol motifs (C(OH)–C–C–N with tert-alkyl or cyclic N) is 1. The van der Waals surface area contributed by atoms with Gasteiger partial charge in [0.1, 0.15) is 13.2 Å². The van der Waals surface area contributed by atoms with Crippen LogP contribution in [0.3, 0.4) is 0 Å². The molecule has 3 N–H and O–H groups in total. The Balaban J connectivity index is 1.57. The molecule has 2 heterocycles. The minimum atomic E-state index is -0.492. The molecule has 0 radical (unpaired) electrons. The van der Waals surface area contributed by atoms with E-state index in [9.17, 15) is 9.90 Å². The van der Waals surface area contributed by atoms with Crippen LogP contribution in [0, 0.1) is 17.2 Å². The molecule has 0 spiro atoms. The zero-order valence-corrected chi connectivity index (χ0v) is 16.2. The smallest absolute Gasteiger partial charge is 0.255 e. The summed E-state index contributed by atoms with van der Waals surface area (Å²) in [6, 6.07) is 5.71. The Morgan fingerprint density at radius 3 is 2.96 bits per heavy atom. The number of nitrogens with one attached hydrogen (secondary N) is 2. The van der Waals surface area contributed by atoms with Gasteiger partial charge in [-0.2, -0.15) is 5.26 Å². The van der Waals surface area contributed by atoms with Gasteiger partial charge in [-0.05, 0) is 32.0 Å². The van der Waals surface area contributed by atoms with Crippen LogP contribution in [0.2, 0.25) is 0 Å². The number of anilines is 1. The number of carbonyl (C=O) groups is 1. The summed E-state index contributed by atoms with van der Waals surface area (Å²) in [7, 11) is 1.79. The lowest BCUT2D eigenvalue weighted by molar-refractivity contribution is 0.0219. The molecule has 2 aliphatic heterocycles. The van der Waals surface area contributed by atoms with E-state index in [0.29, 0.717) is 49.8 Å². The number of hydrogen-bond acceptors (Lipinski definition) is 7. The van der Waals surface area contributed by atoms with E-state index in [-0.39, 0.29) is 11.8 Å². The standard InChI is InChI=1S/C20H28N4O4/c1-22-15-10-16(19-18(11-15)27-8-9-28-19)20(26)23-12-14-4-7-24(13-17(14)25)6-3-2-5-21/h10-11,14,17,22,25H,2-4,6-9,12-13H2,1H3,(H,23,26)/t14-,17+/m0/s1. The molecule has 1 saturated heterocycles. The quantitative estimate of drug-likeness (QED) is 0.603. The van der Waals surface area contributed by atoms with Gasteiger partial charge in [-0.15, -0.1) is 0 Å². The fourth-order valence-corrected chi connectivity index (χ4v) is 3.65. The molecular weight excluding hydrogens is 360 g/mol. The molecule has 3 rings (SSSR count). The van der Waals surface area contributed by atoms with Gasteiger partial charge in [-0.3, -0.25) is 4.79 Å². The SMILES string of the molecule is CNc1cc2c(c(C(=O)NC[C@@H]3CCN(CCCC#N)C[C@H]3O)c1)OCCO2. The fraction of sp³-hybridized carbons (Fsp3) is 0.600. The highest BCUT2D eigenvalue weighted by Crippen LogP contribution is 2.37.